The molecule has 0 saturated heterocycles. The Hall–Kier alpha value is -9.88. The quantitative estimate of drug-likeness (QED) is 0.137. The van der Waals surface area contributed by atoms with Gasteiger partial charge in [0.05, 0.1) is 33.9 Å². The van der Waals surface area contributed by atoms with Gasteiger partial charge in [0.25, 0.3) is 0 Å². The first-order valence-corrected chi connectivity index (χ1v) is 24.9. The number of nitrogens with zero attached hydrogens (tertiary/aromatic N) is 4. The van der Waals surface area contributed by atoms with E-state index < -0.39 is 17.0 Å². The third kappa shape index (κ3) is 8.16. The molecule has 0 aromatic heterocycles. The molecule has 1 aliphatic carbocycles. The van der Waals surface area contributed by atoms with Crippen LogP contribution in [0.4, 0.5) is 42.9 Å². The van der Waals surface area contributed by atoms with E-state index >= 15 is 8.78 Å². The van der Waals surface area contributed by atoms with Gasteiger partial charge in [-0.05, 0) is 151 Å². The molecule has 0 N–H and O–H groups in total. The number of hydrogen-bond acceptors (Lipinski definition) is 4. The molecule has 1 aliphatic rings. The molecule has 0 aliphatic heterocycles. The number of rotatable bonds is 10. The van der Waals surface area contributed by atoms with Crippen molar-refractivity contribution in [2.75, 3.05) is 9.80 Å². The van der Waals surface area contributed by atoms with Gasteiger partial charge in [0.15, 0.2) is 0 Å². The Morgan fingerprint density at radius 3 is 1.24 bits per heavy atom. The van der Waals surface area contributed by atoms with E-state index in [1.54, 1.807) is 24.3 Å². The van der Waals surface area contributed by atoms with Crippen molar-refractivity contribution < 1.29 is 8.78 Å². The Morgan fingerprint density at radius 1 is 0.347 bits per heavy atom. The van der Waals surface area contributed by atoms with Crippen molar-refractivity contribution in [2.45, 2.75) is 19.3 Å². The average molecular weight is 969 g/mol. The molecular formula is C69H46F2N4. The number of hydrogen-bond donors (Lipinski definition) is 0. The van der Waals surface area contributed by atoms with Gasteiger partial charge < -0.3 is 9.80 Å². The molecule has 0 spiro atoms. The molecule has 0 bridgehead atoms. The monoisotopic (exact) mass is 968 g/mol. The van der Waals surface area contributed by atoms with Crippen molar-refractivity contribution >= 4 is 44.9 Å². The largest absolute Gasteiger partial charge is 0.306 e. The molecule has 0 radical (unpaired) electrons. The van der Waals surface area contributed by atoms with Crippen LogP contribution in [0.3, 0.4) is 0 Å². The van der Waals surface area contributed by atoms with Crippen LogP contribution >= 0.6 is 0 Å². The second-order valence-corrected chi connectivity index (χ2v) is 19.4. The number of anilines is 6. The van der Waals surface area contributed by atoms with Gasteiger partial charge in [-0.3, -0.25) is 0 Å². The van der Waals surface area contributed by atoms with E-state index in [2.05, 4.69) is 62.4 Å². The number of nitriles is 2. The van der Waals surface area contributed by atoms with Crippen LogP contribution in [0.1, 0.15) is 36.1 Å². The lowest BCUT2D eigenvalue weighted by molar-refractivity contribution is 0.629. The summed E-state index contributed by atoms with van der Waals surface area (Å²) in [6.45, 7) is 4.42. The zero-order chi connectivity index (χ0) is 51.2. The fourth-order valence-electron chi connectivity index (χ4n) is 11.0. The van der Waals surface area contributed by atoms with Gasteiger partial charge >= 0.3 is 0 Å². The summed E-state index contributed by atoms with van der Waals surface area (Å²) in [6, 6.07) is 82.8. The Morgan fingerprint density at radius 2 is 0.760 bits per heavy atom. The van der Waals surface area contributed by atoms with Crippen LogP contribution in [0, 0.1) is 34.3 Å². The Balaban J connectivity index is 1.02. The minimum atomic E-state index is -0.545. The smallest absolute Gasteiger partial charge is 0.148 e. The summed E-state index contributed by atoms with van der Waals surface area (Å²) in [5.74, 6) is -0.860. The molecule has 0 fully saturated rings. The van der Waals surface area contributed by atoms with Crippen molar-refractivity contribution in [1.29, 1.82) is 10.5 Å². The lowest BCUT2D eigenvalue weighted by Gasteiger charge is -2.31. The second-order valence-electron chi connectivity index (χ2n) is 19.4. The lowest BCUT2D eigenvalue weighted by Crippen LogP contribution is -2.18. The molecule has 75 heavy (non-hydrogen) atoms. The minimum absolute atomic E-state index is 0.327. The molecule has 356 valence electrons. The summed E-state index contributed by atoms with van der Waals surface area (Å²) in [6.07, 6.45) is 0. The van der Waals surface area contributed by atoms with Crippen LogP contribution in [0.2, 0.25) is 0 Å². The Kier molecular flexibility index (Phi) is 11.7. The first kappa shape index (κ1) is 46.2. The summed E-state index contributed by atoms with van der Waals surface area (Å²) in [5.41, 5.74) is 14.0. The normalized spacial score (nSPS) is 12.1. The topological polar surface area (TPSA) is 54.1 Å². The van der Waals surface area contributed by atoms with Crippen LogP contribution in [-0.4, -0.2) is 0 Å². The maximum atomic E-state index is 17.5. The van der Waals surface area contributed by atoms with Gasteiger partial charge in [-0.15, -0.1) is 0 Å². The van der Waals surface area contributed by atoms with Crippen molar-refractivity contribution in [3.05, 3.63) is 277 Å². The number of para-hydroxylation sites is 2. The zero-order valence-corrected chi connectivity index (χ0v) is 41.1. The van der Waals surface area contributed by atoms with Gasteiger partial charge in [-0.1, -0.05) is 172 Å². The molecule has 11 aromatic carbocycles. The van der Waals surface area contributed by atoms with Crippen LogP contribution in [0.15, 0.2) is 243 Å². The molecule has 4 nitrogen and oxygen atoms in total. The van der Waals surface area contributed by atoms with E-state index in [0.29, 0.717) is 56.4 Å². The Labute approximate surface area is 435 Å². The highest BCUT2D eigenvalue weighted by Crippen LogP contribution is 2.54. The lowest BCUT2D eigenvalue weighted by atomic mass is 9.81. The summed E-state index contributed by atoms with van der Waals surface area (Å²) in [7, 11) is 0. The molecule has 0 unspecified atom stereocenters. The van der Waals surface area contributed by atoms with Crippen molar-refractivity contribution in [1.82, 2.24) is 0 Å². The number of fused-ring (bicyclic) bond motifs is 4. The van der Waals surface area contributed by atoms with Crippen molar-refractivity contribution in [2.24, 2.45) is 0 Å². The van der Waals surface area contributed by atoms with E-state index in [-0.39, 0.29) is 0 Å². The summed E-state index contributed by atoms with van der Waals surface area (Å²) >= 11 is 0. The SMILES string of the molecule is CC1(C)c2cc(N(c3ccccc3C#N)c3c(F)cc(-c4ccccc4)cc3-c3ccccc3)ccc2-c2cc3ccc(N(c4ccccc4C#N)c4c(F)cc(-c5ccccc5)cc4-c4ccccc4)cc3cc21. The summed E-state index contributed by atoms with van der Waals surface area (Å²) in [5, 5.41) is 23.1. The van der Waals surface area contributed by atoms with Crippen molar-refractivity contribution in [3.8, 4) is 67.8 Å². The average Bonchev–Trinajstić information content (AvgIpc) is 3.73. The second kappa shape index (κ2) is 18.9. The number of benzene rings is 11. The van der Waals surface area contributed by atoms with E-state index in [1.165, 1.54) is 0 Å². The fourth-order valence-corrected chi connectivity index (χ4v) is 11.0. The van der Waals surface area contributed by atoms with Crippen LogP contribution in [-0.2, 0) is 5.41 Å². The third-order valence-corrected chi connectivity index (χ3v) is 14.6. The standard InChI is InChI=1S/C69H46F2N4/c1-69(2)61-39-52-35-55(74(65-29-17-15-27-50(65)43-72)67-58(47-23-11-5-12-24-47)37-53(40-63(67)70)45-19-7-3-8-20-45)32-31-49(52)36-60(61)57-34-33-56(42-62(57)69)75(66-30-18-16-28-51(66)44-73)68-59(48-25-13-6-14-26-48)38-54(41-64(68)71)46-21-9-4-10-22-46/h3-42H,1-2H3. The van der Waals surface area contributed by atoms with Gasteiger partial charge in [0.1, 0.15) is 23.8 Å². The zero-order valence-electron chi connectivity index (χ0n) is 41.1. The van der Waals surface area contributed by atoms with E-state index in [9.17, 15) is 10.5 Å². The Bertz CT molecular complexity index is 4080. The van der Waals surface area contributed by atoms with Gasteiger partial charge in [0, 0.05) is 27.9 Å². The van der Waals surface area contributed by atoms with Gasteiger partial charge in [0.2, 0.25) is 0 Å². The predicted molar refractivity (Wildman–Crippen MR) is 302 cm³/mol. The molecule has 0 heterocycles. The molecule has 0 atom stereocenters. The highest BCUT2D eigenvalue weighted by molar-refractivity contribution is 6.00. The molecule has 0 amide bonds. The molecule has 0 saturated carbocycles. The van der Waals surface area contributed by atoms with Crippen LogP contribution < -0.4 is 9.80 Å². The molecule has 6 heteroatoms. The highest BCUT2D eigenvalue weighted by atomic mass is 19.1. The fraction of sp³-hybridized carbons (Fsp3) is 0.0435. The van der Waals surface area contributed by atoms with Gasteiger partial charge in [-0.2, -0.15) is 10.5 Å². The first-order valence-electron chi connectivity index (χ1n) is 24.9. The minimum Gasteiger partial charge on any atom is -0.306 e. The van der Waals surface area contributed by atoms with Crippen LogP contribution in [0.25, 0.3) is 66.4 Å². The van der Waals surface area contributed by atoms with Gasteiger partial charge in [-0.25, -0.2) is 8.78 Å². The van der Waals surface area contributed by atoms with E-state index in [1.807, 2.05) is 192 Å². The predicted octanol–water partition coefficient (Wildman–Crippen LogP) is 18.8. The maximum absolute atomic E-state index is 17.5. The van der Waals surface area contributed by atoms with E-state index in [0.717, 1.165) is 66.4 Å². The first-order chi connectivity index (χ1) is 36.7. The number of halogens is 2. The highest BCUT2D eigenvalue weighted by Gasteiger charge is 2.37. The maximum Gasteiger partial charge on any atom is 0.148 e. The van der Waals surface area contributed by atoms with E-state index in [4.69, 9.17) is 0 Å². The van der Waals surface area contributed by atoms with Crippen molar-refractivity contribution in [3.63, 3.8) is 0 Å². The summed E-state index contributed by atoms with van der Waals surface area (Å²) < 4.78 is 35.0. The molecule has 11 aromatic rings. The molecular weight excluding hydrogens is 923 g/mol. The third-order valence-electron chi connectivity index (χ3n) is 14.6. The van der Waals surface area contributed by atoms with Crippen LogP contribution in [0.5, 0.6) is 0 Å². The molecule has 12 rings (SSSR count). The summed E-state index contributed by atoms with van der Waals surface area (Å²) in [4.78, 5) is 3.78.